The van der Waals surface area contributed by atoms with Crippen molar-refractivity contribution in [2.45, 2.75) is 5.16 Å². The fourth-order valence-corrected chi connectivity index (χ4v) is 2.17. The summed E-state index contributed by atoms with van der Waals surface area (Å²) in [5.41, 5.74) is 4.90. The fourth-order valence-electron chi connectivity index (χ4n) is 1.30. The first-order valence-corrected chi connectivity index (χ1v) is 7.58. The predicted octanol–water partition coefficient (Wildman–Crippen LogP) is 2.06. The summed E-state index contributed by atoms with van der Waals surface area (Å²) >= 11 is 12.7. The molecule has 0 spiro atoms. The number of H-pyrrole nitrogens is 1. The lowest BCUT2D eigenvalue weighted by Crippen LogP contribution is -2.44. The van der Waals surface area contributed by atoms with Crippen molar-refractivity contribution in [1.29, 1.82) is 0 Å². The molecule has 0 aliphatic heterocycles. The molecule has 1 aromatic heterocycles. The molecule has 1 aromatic carbocycles. The highest BCUT2D eigenvalue weighted by Crippen LogP contribution is 2.24. The molecule has 22 heavy (non-hydrogen) atoms. The lowest BCUT2D eigenvalue weighted by Gasteiger charge is -2.09. The van der Waals surface area contributed by atoms with Crippen LogP contribution in [0.15, 0.2) is 29.7 Å². The van der Waals surface area contributed by atoms with Crippen molar-refractivity contribution in [3.8, 4) is 0 Å². The first-order chi connectivity index (χ1) is 10.5. The number of aromatic nitrogens is 3. The Morgan fingerprint density at radius 1 is 1.23 bits per heavy atom. The number of urea groups is 1. The van der Waals surface area contributed by atoms with Crippen molar-refractivity contribution in [1.82, 2.24) is 26.0 Å². The molecule has 0 unspecified atom stereocenters. The monoisotopic (exact) mass is 360 g/mol. The van der Waals surface area contributed by atoms with E-state index in [2.05, 4.69) is 31.3 Å². The molecule has 8 nitrogen and oxygen atoms in total. The van der Waals surface area contributed by atoms with E-state index in [0.29, 0.717) is 20.9 Å². The van der Waals surface area contributed by atoms with Crippen LogP contribution in [0.1, 0.15) is 0 Å². The minimum Gasteiger partial charge on any atom is -0.307 e. The van der Waals surface area contributed by atoms with E-state index in [1.807, 2.05) is 0 Å². The average molecular weight is 361 g/mol. The molecule has 2 rings (SSSR count). The van der Waals surface area contributed by atoms with Crippen molar-refractivity contribution in [3.05, 3.63) is 34.6 Å². The van der Waals surface area contributed by atoms with Crippen LogP contribution in [0.5, 0.6) is 0 Å². The smallest absolute Gasteiger partial charge is 0.307 e. The van der Waals surface area contributed by atoms with E-state index in [1.54, 1.807) is 12.1 Å². The van der Waals surface area contributed by atoms with Gasteiger partial charge in [0.2, 0.25) is 5.91 Å². The summed E-state index contributed by atoms with van der Waals surface area (Å²) in [5.74, 6) is -0.326. The van der Waals surface area contributed by atoms with Gasteiger partial charge in [-0.05, 0) is 18.2 Å². The number of hydrogen-bond donors (Lipinski definition) is 4. The van der Waals surface area contributed by atoms with Gasteiger partial charge in [0.15, 0.2) is 5.16 Å². The van der Waals surface area contributed by atoms with Crippen LogP contribution in [0.4, 0.5) is 10.5 Å². The summed E-state index contributed by atoms with van der Waals surface area (Å²) < 4.78 is 0. The Bertz CT molecular complexity index is 667. The molecule has 2 aromatic rings. The lowest BCUT2D eigenvalue weighted by atomic mass is 10.3. The molecule has 0 radical (unpaired) electrons. The Kier molecular flexibility index (Phi) is 5.87. The van der Waals surface area contributed by atoms with Crippen LogP contribution in [0.2, 0.25) is 10.0 Å². The van der Waals surface area contributed by atoms with E-state index in [1.165, 1.54) is 12.4 Å². The number of nitrogens with one attached hydrogen (secondary N) is 4. The van der Waals surface area contributed by atoms with Gasteiger partial charge in [-0.2, -0.15) is 5.10 Å². The Labute approximate surface area is 139 Å². The molecule has 0 fully saturated rings. The minimum atomic E-state index is -0.614. The summed E-state index contributed by atoms with van der Waals surface area (Å²) in [5, 5.41) is 9.94. The maximum atomic E-state index is 11.6. The van der Waals surface area contributed by atoms with E-state index in [9.17, 15) is 9.59 Å². The fraction of sp³-hybridized carbons (Fsp3) is 0.0909. The van der Waals surface area contributed by atoms with Gasteiger partial charge in [0.05, 0.1) is 15.8 Å². The topological polar surface area (TPSA) is 112 Å². The van der Waals surface area contributed by atoms with E-state index in [4.69, 9.17) is 23.2 Å². The second-order valence-electron chi connectivity index (χ2n) is 3.84. The van der Waals surface area contributed by atoms with Crippen molar-refractivity contribution >= 4 is 52.6 Å². The summed E-state index contributed by atoms with van der Waals surface area (Å²) in [7, 11) is 0. The molecule has 3 amide bonds. The molecule has 0 saturated heterocycles. The van der Waals surface area contributed by atoms with E-state index >= 15 is 0 Å². The van der Waals surface area contributed by atoms with Crippen molar-refractivity contribution in [3.63, 3.8) is 0 Å². The summed E-state index contributed by atoms with van der Waals surface area (Å²) in [6, 6.07) is 4.00. The van der Waals surface area contributed by atoms with Gasteiger partial charge in [0.25, 0.3) is 0 Å². The highest BCUT2D eigenvalue weighted by Gasteiger charge is 2.07. The number of halogens is 2. The van der Waals surface area contributed by atoms with Crippen LogP contribution in [-0.2, 0) is 4.79 Å². The number of thioether (sulfide) groups is 1. The Balaban J connectivity index is 1.72. The third-order valence-electron chi connectivity index (χ3n) is 2.23. The maximum absolute atomic E-state index is 11.6. The number of anilines is 1. The first kappa shape index (κ1) is 16.4. The maximum Gasteiger partial charge on any atom is 0.337 e. The molecular formula is C11H10Cl2N6O2S. The van der Waals surface area contributed by atoms with E-state index in [0.717, 1.165) is 11.8 Å². The van der Waals surface area contributed by atoms with Crippen LogP contribution in [0, 0.1) is 0 Å². The van der Waals surface area contributed by atoms with Gasteiger partial charge in [-0.15, -0.1) is 0 Å². The highest BCUT2D eigenvalue weighted by atomic mass is 35.5. The SMILES string of the molecule is O=C(CSc1ncn[nH]1)NNC(=O)Nc1ccc(Cl)c(Cl)c1. The Morgan fingerprint density at radius 3 is 2.73 bits per heavy atom. The number of amides is 3. The number of carbonyl (C=O) groups is 2. The molecule has 1 heterocycles. The molecular weight excluding hydrogens is 351 g/mol. The van der Waals surface area contributed by atoms with Gasteiger partial charge < -0.3 is 5.32 Å². The zero-order valence-corrected chi connectivity index (χ0v) is 13.2. The average Bonchev–Trinajstić information content (AvgIpc) is 3.00. The molecule has 0 aliphatic rings. The van der Waals surface area contributed by atoms with Gasteiger partial charge in [0, 0.05) is 5.69 Å². The largest absolute Gasteiger partial charge is 0.337 e. The number of hydrogen-bond acceptors (Lipinski definition) is 5. The molecule has 0 atom stereocenters. The zero-order valence-electron chi connectivity index (χ0n) is 10.9. The summed E-state index contributed by atoms with van der Waals surface area (Å²) in [4.78, 5) is 27.0. The number of carbonyl (C=O) groups excluding carboxylic acids is 2. The van der Waals surface area contributed by atoms with Gasteiger partial charge in [-0.25, -0.2) is 15.2 Å². The van der Waals surface area contributed by atoms with Crippen molar-refractivity contribution < 1.29 is 9.59 Å². The number of aromatic amines is 1. The van der Waals surface area contributed by atoms with Gasteiger partial charge in [-0.1, -0.05) is 35.0 Å². The van der Waals surface area contributed by atoms with Crippen LogP contribution >= 0.6 is 35.0 Å². The van der Waals surface area contributed by atoms with Gasteiger partial charge >= 0.3 is 6.03 Å². The second-order valence-corrected chi connectivity index (χ2v) is 5.61. The van der Waals surface area contributed by atoms with Gasteiger partial charge in [0.1, 0.15) is 6.33 Å². The van der Waals surface area contributed by atoms with Crippen LogP contribution in [-0.4, -0.2) is 32.9 Å². The van der Waals surface area contributed by atoms with Crippen molar-refractivity contribution in [2.75, 3.05) is 11.1 Å². The molecule has 11 heteroatoms. The Hall–Kier alpha value is -1.97. The van der Waals surface area contributed by atoms with Crippen LogP contribution in [0.3, 0.4) is 0 Å². The first-order valence-electron chi connectivity index (χ1n) is 5.83. The van der Waals surface area contributed by atoms with Crippen LogP contribution in [0.25, 0.3) is 0 Å². The zero-order chi connectivity index (χ0) is 15.9. The number of rotatable bonds is 4. The van der Waals surface area contributed by atoms with E-state index in [-0.39, 0.29) is 5.75 Å². The van der Waals surface area contributed by atoms with Gasteiger partial charge in [-0.3, -0.25) is 15.3 Å². The van der Waals surface area contributed by atoms with Crippen LogP contribution < -0.4 is 16.2 Å². The van der Waals surface area contributed by atoms with Crippen molar-refractivity contribution in [2.24, 2.45) is 0 Å². The summed E-state index contributed by atoms with van der Waals surface area (Å²) in [6.45, 7) is 0. The standard InChI is InChI=1S/C11H10Cl2N6O2S/c12-7-2-1-6(3-8(7)13)16-10(21)18-17-9(20)4-22-11-14-5-15-19-11/h1-3,5H,4H2,(H,17,20)(H,14,15,19)(H2,16,18,21). The van der Waals surface area contributed by atoms with E-state index < -0.39 is 11.9 Å². The molecule has 4 N–H and O–H groups in total. The third kappa shape index (κ3) is 5.10. The molecule has 0 saturated carbocycles. The number of benzene rings is 1. The highest BCUT2D eigenvalue weighted by molar-refractivity contribution is 7.99. The normalized spacial score (nSPS) is 10.1. The third-order valence-corrected chi connectivity index (χ3v) is 3.84. The molecule has 0 aliphatic carbocycles. The quantitative estimate of drug-likeness (QED) is 0.492. The minimum absolute atomic E-state index is 0.0717. The molecule has 0 bridgehead atoms. The predicted molar refractivity (Wildman–Crippen MR) is 83.9 cm³/mol. The lowest BCUT2D eigenvalue weighted by molar-refractivity contribution is -0.119. The number of hydrazine groups is 1. The number of nitrogens with zero attached hydrogens (tertiary/aromatic N) is 2. The Morgan fingerprint density at radius 2 is 2.05 bits per heavy atom. The molecule has 116 valence electrons. The second kappa shape index (κ2) is 7.87. The summed E-state index contributed by atoms with van der Waals surface area (Å²) in [6.07, 6.45) is 1.34.